The van der Waals surface area contributed by atoms with E-state index in [9.17, 15) is 10.1 Å². The maximum Gasteiger partial charge on any atom is 0.137 e. The quantitative estimate of drug-likeness (QED) is 0.320. The highest BCUT2D eigenvalue weighted by Gasteiger charge is 2.22. The molecule has 32 heavy (non-hydrogen) atoms. The SMILES string of the molecule is N#Cc1c(/C=C/c2ccc(Cl)cc2CN2CCCCC2C=O)cccc1-c1ccccc1. The monoisotopic (exact) mass is 440 g/mol. The highest BCUT2D eigenvalue weighted by atomic mass is 35.5. The molecule has 1 aliphatic rings. The van der Waals surface area contributed by atoms with Crippen LogP contribution in [0.3, 0.4) is 0 Å². The highest BCUT2D eigenvalue weighted by Crippen LogP contribution is 2.28. The summed E-state index contributed by atoms with van der Waals surface area (Å²) in [5.41, 5.74) is 5.60. The van der Waals surface area contributed by atoms with Crippen molar-refractivity contribution in [1.29, 1.82) is 5.26 Å². The van der Waals surface area contributed by atoms with Gasteiger partial charge >= 0.3 is 0 Å². The van der Waals surface area contributed by atoms with Crippen LogP contribution in [0.25, 0.3) is 23.3 Å². The molecule has 1 fully saturated rings. The summed E-state index contributed by atoms with van der Waals surface area (Å²) in [5.74, 6) is 0. The van der Waals surface area contributed by atoms with E-state index in [0.717, 1.165) is 59.9 Å². The first kappa shape index (κ1) is 22.0. The van der Waals surface area contributed by atoms with E-state index in [0.29, 0.717) is 17.1 Å². The van der Waals surface area contributed by atoms with E-state index in [4.69, 9.17) is 11.6 Å². The molecule has 0 bridgehead atoms. The summed E-state index contributed by atoms with van der Waals surface area (Å²) in [6, 6.07) is 24.1. The minimum Gasteiger partial charge on any atom is -0.302 e. The minimum atomic E-state index is -0.0349. The third kappa shape index (κ3) is 4.99. The van der Waals surface area contributed by atoms with Gasteiger partial charge in [0.25, 0.3) is 0 Å². The molecule has 1 unspecified atom stereocenters. The number of halogens is 1. The first-order chi connectivity index (χ1) is 15.7. The fourth-order valence-corrected chi connectivity index (χ4v) is 4.53. The largest absolute Gasteiger partial charge is 0.302 e. The molecule has 4 heteroatoms. The third-order valence-electron chi connectivity index (χ3n) is 6.04. The number of nitrogens with zero attached hydrogens (tertiary/aromatic N) is 2. The smallest absolute Gasteiger partial charge is 0.137 e. The molecule has 1 saturated heterocycles. The third-order valence-corrected chi connectivity index (χ3v) is 6.27. The van der Waals surface area contributed by atoms with E-state index in [1.165, 1.54) is 0 Å². The molecule has 3 nitrogen and oxygen atoms in total. The fraction of sp³-hybridized carbons (Fsp3) is 0.214. The number of hydrogen-bond donors (Lipinski definition) is 0. The maximum absolute atomic E-state index is 11.5. The van der Waals surface area contributed by atoms with E-state index in [2.05, 4.69) is 11.0 Å². The van der Waals surface area contributed by atoms with Crippen molar-refractivity contribution in [1.82, 2.24) is 4.90 Å². The molecule has 0 N–H and O–H groups in total. The molecule has 160 valence electrons. The van der Waals surface area contributed by atoms with Crippen molar-refractivity contribution in [3.05, 3.63) is 94.0 Å². The summed E-state index contributed by atoms with van der Waals surface area (Å²) < 4.78 is 0. The van der Waals surface area contributed by atoms with Crippen molar-refractivity contribution in [3.63, 3.8) is 0 Å². The van der Waals surface area contributed by atoms with Gasteiger partial charge < -0.3 is 4.79 Å². The number of piperidine rings is 1. The van der Waals surface area contributed by atoms with Gasteiger partial charge in [-0.3, -0.25) is 4.90 Å². The lowest BCUT2D eigenvalue weighted by molar-refractivity contribution is -0.113. The van der Waals surface area contributed by atoms with Crippen LogP contribution in [0, 0.1) is 11.3 Å². The van der Waals surface area contributed by atoms with Gasteiger partial charge in [0.05, 0.1) is 11.6 Å². The van der Waals surface area contributed by atoms with Crippen molar-refractivity contribution in [2.24, 2.45) is 0 Å². The van der Waals surface area contributed by atoms with Crippen LogP contribution in [0.2, 0.25) is 5.02 Å². The Morgan fingerprint density at radius 1 is 1.00 bits per heavy atom. The van der Waals surface area contributed by atoms with Gasteiger partial charge in [0.1, 0.15) is 12.4 Å². The van der Waals surface area contributed by atoms with E-state index in [1.807, 2.05) is 78.9 Å². The lowest BCUT2D eigenvalue weighted by Crippen LogP contribution is -2.40. The number of aldehydes is 1. The molecule has 0 saturated carbocycles. The number of hydrogen-bond acceptors (Lipinski definition) is 3. The van der Waals surface area contributed by atoms with E-state index in [-0.39, 0.29) is 6.04 Å². The molecule has 0 radical (unpaired) electrons. The van der Waals surface area contributed by atoms with E-state index >= 15 is 0 Å². The second-order valence-corrected chi connectivity index (χ2v) is 8.53. The predicted octanol–water partition coefficient (Wildman–Crippen LogP) is 6.60. The first-order valence-corrected chi connectivity index (χ1v) is 11.3. The molecule has 1 atom stereocenters. The van der Waals surface area contributed by atoms with Crippen molar-refractivity contribution in [3.8, 4) is 17.2 Å². The van der Waals surface area contributed by atoms with Crippen LogP contribution in [-0.4, -0.2) is 23.8 Å². The van der Waals surface area contributed by atoms with E-state index < -0.39 is 0 Å². The van der Waals surface area contributed by atoms with Gasteiger partial charge in [0.2, 0.25) is 0 Å². The maximum atomic E-state index is 11.5. The van der Waals surface area contributed by atoms with Crippen LogP contribution in [0.4, 0.5) is 0 Å². The summed E-state index contributed by atoms with van der Waals surface area (Å²) in [4.78, 5) is 13.8. The molecular formula is C28H25ClN2O. The zero-order chi connectivity index (χ0) is 22.3. The molecular weight excluding hydrogens is 416 g/mol. The Hall–Kier alpha value is -3.19. The molecule has 3 aromatic rings. The molecule has 3 aromatic carbocycles. The van der Waals surface area contributed by atoms with Crippen LogP contribution >= 0.6 is 11.6 Å². The minimum absolute atomic E-state index is 0.0349. The number of rotatable bonds is 6. The molecule has 1 heterocycles. The zero-order valence-electron chi connectivity index (χ0n) is 17.9. The van der Waals surface area contributed by atoms with Crippen molar-refractivity contribution < 1.29 is 4.79 Å². The molecule has 0 spiro atoms. The number of carbonyl (C=O) groups is 1. The summed E-state index contributed by atoms with van der Waals surface area (Å²) in [6.45, 7) is 1.59. The Morgan fingerprint density at radius 3 is 2.59 bits per heavy atom. The summed E-state index contributed by atoms with van der Waals surface area (Å²) >= 11 is 6.30. The lowest BCUT2D eigenvalue weighted by Gasteiger charge is -2.32. The normalized spacial score (nSPS) is 16.7. The van der Waals surface area contributed by atoms with Crippen LogP contribution in [-0.2, 0) is 11.3 Å². The second-order valence-electron chi connectivity index (χ2n) is 8.09. The molecule has 4 rings (SSSR count). The zero-order valence-corrected chi connectivity index (χ0v) is 18.6. The Morgan fingerprint density at radius 2 is 1.81 bits per heavy atom. The Kier molecular flexibility index (Phi) is 7.17. The number of nitriles is 1. The summed E-state index contributed by atoms with van der Waals surface area (Å²) in [7, 11) is 0. The van der Waals surface area contributed by atoms with Gasteiger partial charge in [-0.05, 0) is 53.8 Å². The number of likely N-dealkylation sites (tertiary alicyclic amines) is 1. The number of benzene rings is 3. The van der Waals surface area contributed by atoms with Crippen molar-refractivity contribution in [2.75, 3.05) is 6.54 Å². The van der Waals surface area contributed by atoms with Gasteiger partial charge in [0, 0.05) is 17.1 Å². The van der Waals surface area contributed by atoms with Crippen LogP contribution in [0.1, 0.15) is 41.5 Å². The van der Waals surface area contributed by atoms with Gasteiger partial charge in [-0.15, -0.1) is 0 Å². The van der Waals surface area contributed by atoms with Gasteiger partial charge in [0.15, 0.2) is 0 Å². The first-order valence-electron chi connectivity index (χ1n) is 10.9. The van der Waals surface area contributed by atoms with Gasteiger partial charge in [-0.1, -0.05) is 84.8 Å². The Bertz CT molecular complexity index is 1160. The highest BCUT2D eigenvalue weighted by molar-refractivity contribution is 6.30. The van der Waals surface area contributed by atoms with Crippen molar-refractivity contribution >= 4 is 30.0 Å². The topological polar surface area (TPSA) is 44.1 Å². The standard InChI is InChI=1S/C28H25ClN2O/c29-25-15-14-21(24(17-25)19-31-16-5-4-10-26(31)20-32)12-13-23-9-6-11-27(28(23)18-30)22-7-2-1-3-8-22/h1-3,6-9,11-15,17,20,26H,4-5,10,16,19H2/b13-12+. The van der Waals surface area contributed by atoms with Crippen LogP contribution in [0.5, 0.6) is 0 Å². The average molecular weight is 441 g/mol. The fourth-order valence-electron chi connectivity index (χ4n) is 4.33. The van der Waals surface area contributed by atoms with Gasteiger partial charge in [-0.2, -0.15) is 5.26 Å². The molecule has 1 aliphatic heterocycles. The average Bonchev–Trinajstić information content (AvgIpc) is 2.84. The van der Waals surface area contributed by atoms with Crippen LogP contribution < -0.4 is 0 Å². The lowest BCUT2D eigenvalue weighted by atomic mass is 9.95. The molecule has 0 aromatic heterocycles. The van der Waals surface area contributed by atoms with Crippen molar-refractivity contribution in [2.45, 2.75) is 31.8 Å². The van der Waals surface area contributed by atoms with Crippen LogP contribution in [0.15, 0.2) is 66.7 Å². The van der Waals surface area contributed by atoms with E-state index in [1.54, 1.807) is 0 Å². The molecule has 0 amide bonds. The Labute approximate surface area is 194 Å². The Balaban J connectivity index is 1.66. The predicted molar refractivity (Wildman–Crippen MR) is 131 cm³/mol. The second kappa shape index (κ2) is 10.4. The van der Waals surface area contributed by atoms with Gasteiger partial charge in [-0.25, -0.2) is 0 Å². The number of carbonyl (C=O) groups excluding carboxylic acids is 1. The summed E-state index contributed by atoms with van der Waals surface area (Å²) in [5, 5.41) is 10.6. The summed E-state index contributed by atoms with van der Waals surface area (Å²) in [6.07, 6.45) is 8.20. The molecule has 0 aliphatic carbocycles.